The molecule has 0 spiro atoms. The average Bonchev–Trinajstić information content (AvgIpc) is 2.88. The van der Waals surface area contributed by atoms with E-state index in [1.807, 2.05) is 11.8 Å². The molecule has 1 fully saturated rings. The highest BCUT2D eigenvalue weighted by Gasteiger charge is 2.21. The summed E-state index contributed by atoms with van der Waals surface area (Å²) in [6.45, 7) is 6.91. The minimum absolute atomic E-state index is 0.0354. The van der Waals surface area contributed by atoms with Crippen molar-refractivity contribution in [2.75, 3.05) is 26.2 Å². The number of ether oxygens (including phenoxy) is 1. The maximum absolute atomic E-state index is 12.0. The van der Waals surface area contributed by atoms with E-state index in [4.69, 9.17) is 4.74 Å². The van der Waals surface area contributed by atoms with Crippen molar-refractivity contribution in [3.8, 4) is 0 Å². The van der Waals surface area contributed by atoms with E-state index in [-0.39, 0.29) is 12.1 Å². The van der Waals surface area contributed by atoms with Crippen molar-refractivity contribution in [1.82, 2.24) is 10.2 Å². The van der Waals surface area contributed by atoms with Crippen LogP contribution in [0.5, 0.6) is 0 Å². The molecule has 106 valence electrons. The number of nitrogens with zero attached hydrogens (tertiary/aromatic N) is 1. The van der Waals surface area contributed by atoms with E-state index < -0.39 is 0 Å². The minimum Gasteiger partial charge on any atom is -0.375 e. The van der Waals surface area contributed by atoms with Gasteiger partial charge >= 0.3 is 6.03 Å². The zero-order chi connectivity index (χ0) is 13.7. The van der Waals surface area contributed by atoms with Crippen molar-refractivity contribution < 1.29 is 9.53 Å². The smallest absolute Gasteiger partial charge is 0.317 e. The number of morpholine rings is 1. The van der Waals surface area contributed by atoms with Crippen molar-refractivity contribution >= 4 is 17.4 Å². The maximum Gasteiger partial charge on any atom is 0.317 e. The highest BCUT2D eigenvalue weighted by atomic mass is 32.1. The summed E-state index contributed by atoms with van der Waals surface area (Å²) in [4.78, 5) is 15.2. The molecule has 0 saturated carbocycles. The van der Waals surface area contributed by atoms with Crippen LogP contribution in [0.2, 0.25) is 0 Å². The predicted octanol–water partition coefficient (Wildman–Crippen LogP) is 2.36. The number of rotatable bonds is 4. The first-order valence-electron chi connectivity index (χ1n) is 6.82. The Hall–Kier alpha value is -1.07. The molecular weight excluding hydrogens is 260 g/mol. The third kappa shape index (κ3) is 4.51. The van der Waals surface area contributed by atoms with Gasteiger partial charge in [0.1, 0.15) is 0 Å². The zero-order valence-corrected chi connectivity index (χ0v) is 12.4. The van der Waals surface area contributed by atoms with Crippen LogP contribution >= 0.6 is 11.3 Å². The van der Waals surface area contributed by atoms with Gasteiger partial charge in [-0.3, -0.25) is 0 Å². The van der Waals surface area contributed by atoms with Crippen molar-refractivity contribution in [3.63, 3.8) is 0 Å². The SMILES string of the molecule is C[C@H](CNC(=O)N1CCO[C@@H](C)C1)Cc1cccs1. The van der Waals surface area contributed by atoms with Gasteiger partial charge in [0.05, 0.1) is 12.7 Å². The molecule has 1 N–H and O–H groups in total. The summed E-state index contributed by atoms with van der Waals surface area (Å²) < 4.78 is 5.43. The van der Waals surface area contributed by atoms with E-state index in [0.717, 1.165) is 13.0 Å². The normalized spacial score (nSPS) is 21.2. The summed E-state index contributed by atoms with van der Waals surface area (Å²) in [5.74, 6) is 0.459. The third-order valence-corrected chi connectivity index (χ3v) is 4.16. The summed E-state index contributed by atoms with van der Waals surface area (Å²) in [6, 6.07) is 4.25. The van der Waals surface area contributed by atoms with Crippen LogP contribution in [-0.2, 0) is 11.2 Å². The molecule has 1 saturated heterocycles. The Morgan fingerprint density at radius 2 is 2.53 bits per heavy atom. The van der Waals surface area contributed by atoms with Crippen LogP contribution in [0.1, 0.15) is 18.7 Å². The Bertz CT molecular complexity index is 394. The van der Waals surface area contributed by atoms with E-state index in [1.165, 1.54) is 4.88 Å². The summed E-state index contributed by atoms with van der Waals surface area (Å²) >= 11 is 1.77. The van der Waals surface area contributed by atoms with Gasteiger partial charge in [-0.2, -0.15) is 0 Å². The van der Waals surface area contributed by atoms with Gasteiger partial charge in [0.15, 0.2) is 0 Å². The highest BCUT2D eigenvalue weighted by molar-refractivity contribution is 7.09. The van der Waals surface area contributed by atoms with Gasteiger partial charge in [0.25, 0.3) is 0 Å². The molecular formula is C14H22N2O2S. The molecule has 19 heavy (non-hydrogen) atoms. The summed E-state index contributed by atoms with van der Waals surface area (Å²) in [7, 11) is 0. The summed E-state index contributed by atoms with van der Waals surface area (Å²) in [5.41, 5.74) is 0. The van der Waals surface area contributed by atoms with Gasteiger partial charge in [-0.25, -0.2) is 4.79 Å². The molecule has 0 radical (unpaired) electrons. The number of amides is 2. The number of nitrogens with one attached hydrogen (secondary N) is 1. The Labute approximate surface area is 118 Å². The lowest BCUT2D eigenvalue weighted by atomic mass is 10.1. The third-order valence-electron chi connectivity index (χ3n) is 3.26. The average molecular weight is 282 g/mol. The molecule has 1 aliphatic heterocycles. The molecule has 0 bridgehead atoms. The van der Waals surface area contributed by atoms with Gasteiger partial charge in [0.2, 0.25) is 0 Å². The number of thiophene rings is 1. The number of carbonyl (C=O) groups excluding carboxylic acids is 1. The van der Waals surface area contributed by atoms with Gasteiger partial charge in [-0.15, -0.1) is 11.3 Å². The number of hydrogen-bond acceptors (Lipinski definition) is 3. The summed E-state index contributed by atoms with van der Waals surface area (Å²) in [6.07, 6.45) is 1.17. The lowest BCUT2D eigenvalue weighted by Gasteiger charge is -2.31. The fourth-order valence-corrected chi connectivity index (χ4v) is 3.09. The number of urea groups is 1. The Morgan fingerprint density at radius 3 is 3.21 bits per heavy atom. The van der Waals surface area contributed by atoms with Crippen LogP contribution < -0.4 is 5.32 Å². The fourth-order valence-electron chi connectivity index (χ4n) is 2.22. The van der Waals surface area contributed by atoms with Crippen LogP contribution in [0.25, 0.3) is 0 Å². The molecule has 1 aromatic heterocycles. The van der Waals surface area contributed by atoms with Crippen LogP contribution in [0.15, 0.2) is 17.5 Å². The molecule has 4 nitrogen and oxygen atoms in total. The van der Waals surface area contributed by atoms with Crippen LogP contribution in [0, 0.1) is 5.92 Å². The Kier molecular flexibility index (Phi) is 5.22. The highest BCUT2D eigenvalue weighted by Crippen LogP contribution is 2.14. The molecule has 2 atom stereocenters. The van der Waals surface area contributed by atoms with Crippen molar-refractivity contribution in [2.45, 2.75) is 26.4 Å². The largest absolute Gasteiger partial charge is 0.375 e. The van der Waals surface area contributed by atoms with E-state index in [2.05, 4.69) is 29.8 Å². The van der Waals surface area contributed by atoms with Gasteiger partial charge in [-0.05, 0) is 30.7 Å². The standard InChI is InChI=1S/C14H22N2O2S/c1-11(8-13-4-3-7-19-13)9-15-14(17)16-5-6-18-12(2)10-16/h3-4,7,11-12H,5-6,8-10H2,1-2H3,(H,15,17)/t11-,12-/m0/s1. The van der Waals surface area contributed by atoms with E-state index in [0.29, 0.717) is 25.6 Å². The fraction of sp³-hybridized carbons (Fsp3) is 0.643. The molecule has 0 aliphatic carbocycles. The van der Waals surface area contributed by atoms with Crippen LogP contribution in [-0.4, -0.2) is 43.3 Å². The van der Waals surface area contributed by atoms with Crippen molar-refractivity contribution in [2.24, 2.45) is 5.92 Å². The topological polar surface area (TPSA) is 41.6 Å². The predicted molar refractivity (Wildman–Crippen MR) is 77.6 cm³/mol. The van der Waals surface area contributed by atoms with Crippen molar-refractivity contribution in [3.05, 3.63) is 22.4 Å². The van der Waals surface area contributed by atoms with E-state index in [1.54, 1.807) is 11.3 Å². The maximum atomic E-state index is 12.0. The van der Waals surface area contributed by atoms with Crippen LogP contribution in [0.3, 0.4) is 0 Å². The second-order valence-corrected chi connectivity index (χ2v) is 6.23. The van der Waals surface area contributed by atoms with E-state index in [9.17, 15) is 4.79 Å². The first kappa shape index (κ1) is 14.3. The molecule has 2 heterocycles. The molecule has 5 heteroatoms. The number of carbonyl (C=O) groups is 1. The molecule has 1 aromatic rings. The monoisotopic (exact) mass is 282 g/mol. The molecule has 0 aromatic carbocycles. The van der Waals surface area contributed by atoms with Crippen LogP contribution in [0.4, 0.5) is 4.79 Å². The van der Waals surface area contributed by atoms with Gasteiger partial charge in [-0.1, -0.05) is 13.0 Å². The zero-order valence-electron chi connectivity index (χ0n) is 11.6. The second kappa shape index (κ2) is 6.91. The Morgan fingerprint density at radius 1 is 1.68 bits per heavy atom. The quantitative estimate of drug-likeness (QED) is 0.921. The van der Waals surface area contributed by atoms with Gasteiger partial charge < -0.3 is 15.0 Å². The minimum atomic E-state index is 0.0354. The Balaban J connectivity index is 1.70. The molecule has 1 aliphatic rings. The first-order chi connectivity index (χ1) is 9.15. The lowest BCUT2D eigenvalue weighted by Crippen LogP contribution is -2.49. The molecule has 0 unspecified atom stereocenters. The van der Waals surface area contributed by atoms with E-state index >= 15 is 0 Å². The molecule has 2 rings (SSSR count). The molecule has 2 amide bonds. The second-order valence-electron chi connectivity index (χ2n) is 5.20. The first-order valence-corrected chi connectivity index (χ1v) is 7.70. The van der Waals surface area contributed by atoms with Gasteiger partial charge in [0, 0.05) is 24.5 Å². The number of hydrogen-bond donors (Lipinski definition) is 1. The lowest BCUT2D eigenvalue weighted by molar-refractivity contribution is -0.00355. The summed E-state index contributed by atoms with van der Waals surface area (Å²) in [5, 5.41) is 5.11. The van der Waals surface area contributed by atoms with Crippen molar-refractivity contribution in [1.29, 1.82) is 0 Å².